The van der Waals surface area contributed by atoms with Crippen LogP contribution in [0, 0.1) is 0 Å². The van der Waals surface area contributed by atoms with Gasteiger partial charge in [-0.1, -0.05) is 28.1 Å². The smallest absolute Gasteiger partial charge is 0.0928 e. The molecule has 0 rings (SSSR count). The maximum absolute atomic E-state index is 11.4. The van der Waals surface area contributed by atoms with Crippen LogP contribution in [0.2, 0.25) is 0 Å². The van der Waals surface area contributed by atoms with Crippen LogP contribution < -0.4 is 0 Å². The van der Waals surface area contributed by atoms with Crippen molar-refractivity contribution in [2.75, 3.05) is 12.0 Å². The Labute approximate surface area is 64.3 Å². The zero-order valence-electron chi connectivity index (χ0n) is 5.45. The summed E-state index contributed by atoms with van der Waals surface area (Å²) in [4.78, 5) is 0. The molecule has 0 aliphatic carbocycles. The van der Waals surface area contributed by atoms with Gasteiger partial charge in [-0.05, 0) is 19.3 Å². The van der Waals surface area contributed by atoms with E-state index >= 15 is 0 Å². The zero-order valence-corrected chi connectivity index (χ0v) is 7.03. The van der Waals surface area contributed by atoms with Gasteiger partial charge in [0.25, 0.3) is 0 Å². The Morgan fingerprint density at radius 1 is 1.22 bits per heavy atom. The summed E-state index contributed by atoms with van der Waals surface area (Å²) in [6, 6.07) is 0. The third kappa shape index (κ3) is 8.15. The molecule has 0 radical (unpaired) electrons. The average molecular weight is 195 g/mol. The fraction of sp³-hybridized carbons (Fsp3) is 0.714. The van der Waals surface area contributed by atoms with Gasteiger partial charge in [0, 0.05) is 5.33 Å². The van der Waals surface area contributed by atoms with Crippen molar-refractivity contribution < 1.29 is 4.39 Å². The van der Waals surface area contributed by atoms with Crippen molar-refractivity contribution >= 4 is 15.9 Å². The van der Waals surface area contributed by atoms with Gasteiger partial charge in [-0.3, -0.25) is 4.39 Å². The van der Waals surface area contributed by atoms with Gasteiger partial charge in [-0.25, -0.2) is 0 Å². The Bertz CT molecular complexity index is 71.3. The lowest BCUT2D eigenvalue weighted by atomic mass is 10.3. The van der Waals surface area contributed by atoms with Crippen molar-refractivity contribution in [1.29, 1.82) is 0 Å². The summed E-state index contributed by atoms with van der Waals surface area (Å²) in [7, 11) is 0. The average Bonchev–Trinajstić information content (AvgIpc) is 1.89. The molecule has 54 valence electrons. The predicted octanol–water partition coefficient (Wildman–Crippen LogP) is 3.08. The number of halogens is 2. The van der Waals surface area contributed by atoms with Gasteiger partial charge < -0.3 is 0 Å². The Morgan fingerprint density at radius 3 is 2.44 bits per heavy atom. The van der Waals surface area contributed by atoms with Gasteiger partial charge in [0.05, 0.1) is 6.67 Å². The largest absolute Gasteiger partial charge is 0.251 e. The third-order valence-corrected chi connectivity index (χ3v) is 1.51. The molecule has 0 bridgehead atoms. The first kappa shape index (κ1) is 9.15. The maximum Gasteiger partial charge on any atom is 0.0928 e. The van der Waals surface area contributed by atoms with Crippen molar-refractivity contribution in [3.63, 3.8) is 0 Å². The molecular formula is C7H12BrF. The van der Waals surface area contributed by atoms with Crippen LogP contribution in [0.5, 0.6) is 0 Å². The Morgan fingerprint density at radius 2 is 1.89 bits per heavy atom. The minimum atomic E-state index is -0.231. The van der Waals surface area contributed by atoms with E-state index in [2.05, 4.69) is 15.9 Å². The molecule has 9 heavy (non-hydrogen) atoms. The highest BCUT2D eigenvalue weighted by atomic mass is 79.9. The molecule has 0 saturated carbocycles. The van der Waals surface area contributed by atoms with Gasteiger partial charge in [0.2, 0.25) is 0 Å². The van der Waals surface area contributed by atoms with Crippen LogP contribution in [-0.2, 0) is 0 Å². The van der Waals surface area contributed by atoms with E-state index in [1.807, 2.05) is 12.2 Å². The number of hydrogen-bond donors (Lipinski definition) is 0. The van der Waals surface area contributed by atoms with E-state index in [1.54, 1.807) is 0 Å². The van der Waals surface area contributed by atoms with E-state index in [0.717, 1.165) is 18.2 Å². The second-order valence-corrected chi connectivity index (χ2v) is 2.57. The van der Waals surface area contributed by atoms with Crippen molar-refractivity contribution in [1.82, 2.24) is 0 Å². The highest BCUT2D eigenvalue weighted by molar-refractivity contribution is 9.09. The third-order valence-electron chi connectivity index (χ3n) is 0.947. The standard InChI is InChI=1S/C7H12BrF/c8-6-4-2-1-3-5-7-9/h1,3H,2,4-7H2. The van der Waals surface area contributed by atoms with Gasteiger partial charge in [-0.2, -0.15) is 0 Å². The fourth-order valence-electron chi connectivity index (χ4n) is 0.494. The maximum atomic E-state index is 11.4. The van der Waals surface area contributed by atoms with E-state index in [9.17, 15) is 4.39 Å². The SMILES string of the molecule is FCCC=CCCCBr. The summed E-state index contributed by atoms with van der Waals surface area (Å²) in [5.74, 6) is 0. The van der Waals surface area contributed by atoms with E-state index in [4.69, 9.17) is 0 Å². The monoisotopic (exact) mass is 194 g/mol. The minimum absolute atomic E-state index is 0.231. The Kier molecular flexibility index (Phi) is 8.29. The summed E-state index contributed by atoms with van der Waals surface area (Å²) < 4.78 is 11.4. The molecule has 0 spiro atoms. The molecule has 0 N–H and O–H groups in total. The molecule has 0 nitrogen and oxygen atoms in total. The van der Waals surface area contributed by atoms with E-state index in [1.165, 1.54) is 0 Å². The lowest BCUT2D eigenvalue weighted by Gasteiger charge is -1.85. The fourth-order valence-corrected chi connectivity index (χ4v) is 0.817. The molecule has 0 unspecified atom stereocenters. The molecule has 0 aliphatic heterocycles. The zero-order chi connectivity index (χ0) is 6.95. The van der Waals surface area contributed by atoms with Crippen LogP contribution >= 0.6 is 15.9 Å². The van der Waals surface area contributed by atoms with Crippen LogP contribution in [0.15, 0.2) is 12.2 Å². The summed E-state index contributed by atoms with van der Waals surface area (Å²) in [6.07, 6.45) is 6.69. The van der Waals surface area contributed by atoms with Gasteiger partial charge >= 0.3 is 0 Å². The number of hydrogen-bond acceptors (Lipinski definition) is 0. The van der Waals surface area contributed by atoms with Gasteiger partial charge in [0.15, 0.2) is 0 Å². The second-order valence-electron chi connectivity index (χ2n) is 1.78. The van der Waals surface area contributed by atoms with Crippen LogP contribution in [0.4, 0.5) is 4.39 Å². The van der Waals surface area contributed by atoms with Crippen molar-refractivity contribution in [3.05, 3.63) is 12.2 Å². The number of unbranched alkanes of at least 4 members (excludes halogenated alkanes) is 1. The number of rotatable bonds is 5. The van der Waals surface area contributed by atoms with Gasteiger partial charge in [0.1, 0.15) is 0 Å². The lowest BCUT2D eigenvalue weighted by Crippen LogP contribution is -1.71. The Balaban J connectivity index is 2.86. The number of alkyl halides is 2. The summed E-state index contributed by atoms with van der Waals surface area (Å²) >= 11 is 3.31. The van der Waals surface area contributed by atoms with Crippen LogP contribution in [0.1, 0.15) is 19.3 Å². The molecule has 0 aromatic heterocycles. The number of allylic oxidation sites excluding steroid dienone is 2. The van der Waals surface area contributed by atoms with Crippen LogP contribution in [-0.4, -0.2) is 12.0 Å². The molecule has 0 aromatic carbocycles. The van der Waals surface area contributed by atoms with E-state index < -0.39 is 0 Å². The molecular weight excluding hydrogens is 183 g/mol. The molecule has 0 heterocycles. The first-order chi connectivity index (χ1) is 4.41. The van der Waals surface area contributed by atoms with E-state index in [-0.39, 0.29) is 6.67 Å². The first-order valence-electron chi connectivity index (χ1n) is 3.18. The molecule has 0 fully saturated rings. The minimum Gasteiger partial charge on any atom is -0.251 e. The van der Waals surface area contributed by atoms with E-state index in [0.29, 0.717) is 6.42 Å². The molecule has 0 atom stereocenters. The molecule has 0 amide bonds. The summed E-state index contributed by atoms with van der Waals surface area (Å²) in [5.41, 5.74) is 0. The highest BCUT2D eigenvalue weighted by Crippen LogP contribution is 1.95. The molecule has 0 aromatic rings. The quantitative estimate of drug-likeness (QED) is 0.359. The van der Waals surface area contributed by atoms with Crippen molar-refractivity contribution in [2.45, 2.75) is 19.3 Å². The molecule has 0 saturated heterocycles. The molecule has 2 heteroatoms. The summed E-state index contributed by atoms with van der Waals surface area (Å²) in [5, 5.41) is 1.03. The molecule has 0 aliphatic rings. The Hall–Kier alpha value is 0.150. The van der Waals surface area contributed by atoms with Gasteiger partial charge in [-0.15, -0.1) is 0 Å². The second kappa shape index (κ2) is 8.15. The topological polar surface area (TPSA) is 0 Å². The predicted molar refractivity (Wildman–Crippen MR) is 42.8 cm³/mol. The van der Waals surface area contributed by atoms with Crippen LogP contribution in [0.25, 0.3) is 0 Å². The summed E-state index contributed by atoms with van der Waals surface area (Å²) in [6.45, 7) is -0.231. The normalized spacial score (nSPS) is 10.9. The highest BCUT2D eigenvalue weighted by Gasteiger charge is 1.78. The van der Waals surface area contributed by atoms with Crippen molar-refractivity contribution in [2.24, 2.45) is 0 Å². The first-order valence-corrected chi connectivity index (χ1v) is 4.31. The van der Waals surface area contributed by atoms with Crippen LogP contribution in [0.3, 0.4) is 0 Å². The lowest BCUT2D eigenvalue weighted by molar-refractivity contribution is 0.501. The van der Waals surface area contributed by atoms with Crippen molar-refractivity contribution in [3.8, 4) is 0 Å².